The van der Waals surface area contributed by atoms with Crippen molar-refractivity contribution >= 4 is 11.2 Å². The van der Waals surface area contributed by atoms with Gasteiger partial charge in [-0.15, -0.1) is 10.2 Å². The van der Waals surface area contributed by atoms with Crippen LogP contribution in [-0.2, 0) is 13.1 Å². The highest BCUT2D eigenvalue weighted by molar-refractivity contribution is 5.80. The average Bonchev–Trinajstić information content (AvgIpc) is 3.59. The fraction of sp³-hybridized carbons (Fsp3) is 0.333. The van der Waals surface area contributed by atoms with E-state index in [4.69, 9.17) is 4.98 Å². The monoisotopic (exact) mass is 496 g/mol. The van der Waals surface area contributed by atoms with E-state index in [0.29, 0.717) is 30.1 Å². The predicted octanol–water partition coefficient (Wildman–Crippen LogP) is 3.85. The smallest absolute Gasteiger partial charge is 0.317 e. The van der Waals surface area contributed by atoms with E-state index < -0.39 is 5.69 Å². The molecule has 3 heterocycles. The first-order valence-corrected chi connectivity index (χ1v) is 12.8. The van der Waals surface area contributed by atoms with E-state index in [1.807, 2.05) is 35.8 Å². The first-order valence-electron chi connectivity index (χ1n) is 12.8. The fourth-order valence-corrected chi connectivity index (χ4v) is 5.49. The van der Waals surface area contributed by atoms with Crippen molar-refractivity contribution in [1.82, 2.24) is 39.7 Å². The van der Waals surface area contributed by atoms with Gasteiger partial charge >= 0.3 is 5.69 Å². The zero-order valence-corrected chi connectivity index (χ0v) is 20.6. The van der Waals surface area contributed by atoms with Crippen LogP contribution in [0.25, 0.3) is 33.7 Å². The Kier molecular flexibility index (Phi) is 5.99. The van der Waals surface area contributed by atoms with Crippen LogP contribution in [0.4, 0.5) is 0 Å². The van der Waals surface area contributed by atoms with Gasteiger partial charge in [-0.1, -0.05) is 67.8 Å². The molecule has 10 heteroatoms. The zero-order valence-electron chi connectivity index (χ0n) is 20.6. The van der Waals surface area contributed by atoms with E-state index in [0.717, 1.165) is 53.8 Å². The van der Waals surface area contributed by atoms with Gasteiger partial charge in [0.05, 0.1) is 0 Å². The van der Waals surface area contributed by atoms with Crippen molar-refractivity contribution in [2.24, 2.45) is 0 Å². The van der Waals surface area contributed by atoms with Crippen molar-refractivity contribution in [3.63, 3.8) is 0 Å². The number of imidazole rings is 1. The average molecular weight is 497 g/mol. The summed E-state index contributed by atoms with van der Waals surface area (Å²) in [5.74, 6) is 1.73. The number of aryl methyl sites for hydroxylation is 1. The molecule has 6 rings (SSSR count). The molecule has 0 atom stereocenters. The number of aromatic amines is 2. The topological polar surface area (TPSA) is 127 Å². The Bertz CT molecular complexity index is 1660. The Labute approximate surface area is 212 Å². The third-order valence-corrected chi connectivity index (χ3v) is 7.32. The van der Waals surface area contributed by atoms with Crippen molar-refractivity contribution in [3.05, 3.63) is 80.8 Å². The van der Waals surface area contributed by atoms with Crippen molar-refractivity contribution in [2.75, 3.05) is 0 Å². The Morgan fingerprint density at radius 3 is 2.41 bits per heavy atom. The minimum Gasteiger partial charge on any atom is -0.317 e. The van der Waals surface area contributed by atoms with Gasteiger partial charge < -0.3 is 4.57 Å². The third-order valence-electron chi connectivity index (χ3n) is 7.32. The molecule has 188 valence electrons. The van der Waals surface area contributed by atoms with Gasteiger partial charge in [0.1, 0.15) is 5.82 Å². The van der Waals surface area contributed by atoms with Crippen LogP contribution in [-0.4, -0.2) is 39.7 Å². The van der Waals surface area contributed by atoms with Crippen LogP contribution in [0.1, 0.15) is 56.3 Å². The molecular formula is C27H28N8O2. The number of fused-ring (bicyclic) bond motifs is 1. The van der Waals surface area contributed by atoms with Crippen LogP contribution in [0.3, 0.4) is 0 Å². The molecule has 0 amide bonds. The zero-order chi connectivity index (χ0) is 25.4. The van der Waals surface area contributed by atoms with Crippen molar-refractivity contribution in [1.29, 1.82) is 0 Å². The minimum absolute atomic E-state index is 0.280. The predicted molar refractivity (Wildman–Crippen MR) is 140 cm³/mol. The molecule has 1 aliphatic rings. The van der Waals surface area contributed by atoms with E-state index in [1.165, 1.54) is 6.42 Å². The lowest BCUT2D eigenvalue weighted by Crippen LogP contribution is -2.30. The number of hydrogen-bond acceptors (Lipinski definition) is 6. The molecule has 1 saturated carbocycles. The van der Waals surface area contributed by atoms with E-state index in [9.17, 15) is 9.59 Å². The Morgan fingerprint density at radius 2 is 1.70 bits per heavy atom. The molecule has 0 aliphatic heterocycles. The molecule has 0 radical (unpaired) electrons. The van der Waals surface area contributed by atoms with E-state index in [-0.39, 0.29) is 11.5 Å². The van der Waals surface area contributed by atoms with Gasteiger partial charge in [-0.05, 0) is 41.7 Å². The molecular weight excluding hydrogens is 468 g/mol. The number of nitrogens with zero attached hydrogens (tertiary/aromatic N) is 6. The van der Waals surface area contributed by atoms with Gasteiger partial charge in [0.15, 0.2) is 11.2 Å². The number of benzene rings is 2. The SMILES string of the molecule is CCn1c(=O)[nH]c(=O)c2c1nc(C1CCCCC1)n2Cc1ccc(-c2ccccc2-c2nn[nH]n2)cc1. The lowest BCUT2D eigenvalue weighted by atomic mass is 9.88. The second kappa shape index (κ2) is 9.61. The molecule has 0 saturated heterocycles. The van der Waals surface area contributed by atoms with Crippen molar-refractivity contribution < 1.29 is 0 Å². The summed E-state index contributed by atoms with van der Waals surface area (Å²) in [6, 6.07) is 16.2. The summed E-state index contributed by atoms with van der Waals surface area (Å²) in [6.45, 7) is 2.84. The molecule has 3 aromatic heterocycles. The van der Waals surface area contributed by atoms with E-state index >= 15 is 0 Å². The Balaban J connectivity index is 1.41. The number of tetrazole rings is 1. The Hall–Kier alpha value is -4.34. The maximum Gasteiger partial charge on any atom is 0.330 e. The summed E-state index contributed by atoms with van der Waals surface area (Å²) in [7, 11) is 0. The van der Waals surface area contributed by atoms with E-state index in [2.05, 4.69) is 49.9 Å². The van der Waals surface area contributed by atoms with Gasteiger partial charge in [0, 0.05) is 24.6 Å². The van der Waals surface area contributed by atoms with Crippen LogP contribution in [0.15, 0.2) is 58.1 Å². The third kappa shape index (κ3) is 4.18. The second-order valence-corrected chi connectivity index (χ2v) is 9.54. The highest BCUT2D eigenvalue weighted by Crippen LogP contribution is 2.34. The minimum atomic E-state index is -0.413. The number of nitrogens with one attached hydrogen (secondary N) is 2. The first-order chi connectivity index (χ1) is 18.1. The normalized spacial score (nSPS) is 14.4. The lowest BCUT2D eigenvalue weighted by Gasteiger charge is -2.22. The molecule has 1 fully saturated rings. The molecule has 1 aliphatic carbocycles. The standard InChI is InChI=1S/C27H28N8O2/c1-2-34-25-22(26(36)29-27(34)37)35(24(28-25)19-8-4-3-5-9-19)16-17-12-14-18(15-13-17)20-10-6-7-11-21(20)23-30-32-33-31-23/h6-7,10-15,19H,2-5,8-9,16H2,1H3,(H,29,36,37)(H,30,31,32,33). The highest BCUT2D eigenvalue weighted by atomic mass is 16.2. The van der Waals surface area contributed by atoms with Crippen molar-refractivity contribution in [2.45, 2.75) is 58.0 Å². The summed E-state index contributed by atoms with van der Waals surface area (Å²) < 4.78 is 3.58. The number of H-pyrrole nitrogens is 2. The summed E-state index contributed by atoms with van der Waals surface area (Å²) in [4.78, 5) is 32.9. The molecule has 0 spiro atoms. The van der Waals surface area contributed by atoms with Gasteiger partial charge in [0.2, 0.25) is 5.82 Å². The highest BCUT2D eigenvalue weighted by Gasteiger charge is 2.25. The van der Waals surface area contributed by atoms with Crippen molar-refractivity contribution in [3.8, 4) is 22.5 Å². The summed E-state index contributed by atoms with van der Waals surface area (Å²) in [5.41, 5.74) is 4.13. The summed E-state index contributed by atoms with van der Waals surface area (Å²) in [5, 5.41) is 14.5. The van der Waals surface area contributed by atoms with Gasteiger partial charge in [-0.25, -0.2) is 9.78 Å². The number of rotatable bonds is 6. The summed E-state index contributed by atoms with van der Waals surface area (Å²) in [6.07, 6.45) is 5.62. The Morgan fingerprint density at radius 1 is 0.946 bits per heavy atom. The second-order valence-electron chi connectivity index (χ2n) is 9.54. The summed E-state index contributed by atoms with van der Waals surface area (Å²) >= 11 is 0. The van der Waals surface area contributed by atoms with Crippen LogP contribution in [0, 0.1) is 0 Å². The molecule has 10 nitrogen and oxygen atoms in total. The maximum absolute atomic E-state index is 13.0. The van der Waals surface area contributed by atoms with Gasteiger partial charge in [0.25, 0.3) is 5.56 Å². The van der Waals surface area contributed by atoms with Crippen LogP contribution in [0.5, 0.6) is 0 Å². The number of aromatic nitrogens is 8. The quantitative estimate of drug-likeness (QED) is 0.368. The molecule has 0 unspecified atom stereocenters. The van der Waals surface area contributed by atoms with Crippen LogP contribution >= 0.6 is 0 Å². The van der Waals surface area contributed by atoms with Gasteiger partial charge in [-0.3, -0.25) is 14.3 Å². The fourth-order valence-electron chi connectivity index (χ4n) is 5.49. The first kappa shape index (κ1) is 23.1. The van der Waals surface area contributed by atoms with Gasteiger partial charge in [-0.2, -0.15) is 5.21 Å². The van der Waals surface area contributed by atoms with E-state index in [1.54, 1.807) is 4.57 Å². The molecule has 0 bridgehead atoms. The number of hydrogen-bond donors (Lipinski definition) is 2. The van der Waals surface area contributed by atoms with Crippen LogP contribution < -0.4 is 11.2 Å². The molecule has 5 aromatic rings. The largest absolute Gasteiger partial charge is 0.330 e. The molecule has 37 heavy (non-hydrogen) atoms. The molecule has 2 aromatic carbocycles. The maximum atomic E-state index is 13.0. The lowest BCUT2D eigenvalue weighted by molar-refractivity contribution is 0.420. The van der Waals surface area contributed by atoms with Crippen LogP contribution in [0.2, 0.25) is 0 Å². The molecule has 2 N–H and O–H groups in total.